The second kappa shape index (κ2) is 17.8. The van der Waals surface area contributed by atoms with Crippen molar-refractivity contribution in [3.63, 3.8) is 0 Å². The lowest BCUT2D eigenvalue weighted by molar-refractivity contribution is -0.762. The Hall–Kier alpha value is -7.30. The Bertz CT molecular complexity index is 3070. The topological polar surface area (TPSA) is 141 Å². The molecule has 2 atom stereocenters. The van der Waals surface area contributed by atoms with E-state index in [2.05, 4.69) is 68.7 Å². The fourth-order valence-corrected chi connectivity index (χ4v) is 9.11. The molecule has 0 spiro atoms. The Morgan fingerprint density at radius 2 is 1.55 bits per heavy atom. The number of benzene rings is 2. The Morgan fingerprint density at radius 3 is 2.25 bits per heavy atom. The van der Waals surface area contributed by atoms with Crippen molar-refractivity contribution in [2.24, 2.45) is 0 Å². The molecule has 8 heterocycles. The molecule has 8 aromatic rings. The molecule has 0 unspecified atom stereocenters. The second-order valence-corrected chi connectivity index (χ2v) is 18.0. The maximum atomic E-state index is 13.6. The minimum atomic E-state index is -4.40. The van der Waals surface area contributed by atoms with Gasteiger partial charge in [0.25, 0.3) is 5.88 Å². The van der Waals surface area contributed by atoms with Crippen LogP contribution in [-0.4, -0.2) is 65.5 Å². The van der Waals surface area contributed by atoms with Crippen molar-refractivity contribution in [1.82, 2.24) is 44.1 Å². The summed E-state index contributed by atoms with van der Waals surface area (Å²) in [5, 5.41) is 3.48. The summed E-state index contributed by atoms with van der Waals surface area (Å²) < 4.78 is 65.3. The molecule has 2 aromatic carbocycles. The van der Waals surface area contributed by atoms with Crippen LogP contribution in [0.1, 0.15) is 97.2 Å². The third kappa shape index (κ3) is 8.89. The molecule has 6 aromatic heterocycles. The molecule has 2 aliphatic rings. The van der Waals surface area contributed by atoms with Gasteiger partial charge in [-0.3, -0.25) is 0 Å². The highest BCUT2D eigenvalue weighted by atomic mass is 19.4. The number of hydrogen-bond acceptors (Lipinski definition) is 8. The molecule has 2 N–H and O–H groups in total. The van der Waals surface area contributed by atoms with Crippen LogP contribution in [0, 0.1) is 13.8 Å². The molecule has 346 valence electrons. The van der Waals surface area contributed by atoms with Crippen LogP contribution < -0.4 is 23.5 Å². The van der Waals surface area contributed by atoms with Crippen molar-refractivity contribution in [2.45, 2.75) is 90.4 Å². The maximum absolute atomic E-state index is 13.6. The van der Waals surface area contributed by atoms with E-state index < -0.39 is 17.7 Å². The minimum absolute atomic E-state index is 0.0152. The number of aryl methyl sites for hydroxylation is 4. The van der Waals surface area contributed by atoms with E-state index in [1.54, 1.807) is 39.8 Å². The predicted molar refractivity (Wildman–Crippen MR) is 244 cm³/mol. The molecule has 10 rings (SSSR count). The van der Waals surface area contributed by atoms with Crippen LogP contribution in [0.3, 0.4) is 0 Å². The third-order valence-electron chi connectivity index (χ3n) is 12.4. The first-order chi connectivity index (χ1) is 32.1. The average Bonchev–Trinajstić information content (AvgIpc) is 4.18. The van der Waals surface area contributed by atoms with Crippen molar-refractivity contribution in [3.8, 4) is 51.8 Å². The first kappa shape index (κ1) is 44.9. The number of nitrogens with zero attached hydrogens (tertiary/aromatic N) is 9. The number of rotatable bonds is 9. The molecular formula is C50H54F3N11O3+2. The highest BCUT2D eigenvalue weighted by Crippen LogP contribution is 2.42. The van der Waals surface area contributed by atoms with Gasteiger partial charge in [0, 0.05) is 31.8 Å². The van der Waals surface area contributed by atoms with Gasteiger partial charge in [-0.1, -0.05) is 51.1 Å². The summed E-state index contributed by atoms with van der Waals surface area (Å²) in [4.78, 5) is 26.5. The van der Waals surface area contributed by atoms with Crippen molar-refractivity contribution in [3.05, 3.63) is 143 Å². The molecule has 0 aliphatic carbocycles. The molecular weight excluding hydrogens is 860 g/mol. The number of H-pyrrole nitrogens is 2. The van der Waals surface area contributed by atoms with Crippen molar-refractivity contribution in [2.75, 3.05) is 21.3 Å². The first-order valence-corrected chi connectivity index (χ1v) is 22.2. The van der Waals surface area contributed by atoms with Crippen molar-refractivity contribution in [1.29, 1.82) is 0 Å². The summed E-state index contributed by atoms with van der Waals surface area (Å²) >= 11 is 0. The lowest BCUT2D eigenvalue weighted by atomic mass is 9.82. The molecule has 17 heteroatoms. The summed E-state index contributed by atoms with van der Waals surface area (Å²) in [7, 11) is 4.92. The van der Waals surface area contributed by atoms with Gasteiger partial charge in [-0.05, 0) is 89.7 Å². The SMILES string of the molecule is COc1ccc([C@@H]2CCC[n+]3[nH]c(-c4ccc(-n5cnc(C)c5)c(OC)n4)nc32)cc1C(C)(C)C.COc1nc(-c2cn3c(n2)[C@H](c2ccccc2C(F)(F)F)CC3)ccc1-[n+]1c[nH]c(C)c1. The van der Waals surface area contributed by atoms with Gasteiger partial charge in [-0.15, -0.1) is 0 Å². The highest BCUT2D eigenvalue weighted by molar-refractivity contribution is 5.58. The van der Waals surface area contributed by atoms with Crippen molar-refractivity contribution >= 4 is 0 Å². The van der Waals surface area contributed by atoms with E-state index in [1.165, 1.54) is 17.2 Å². The van der Waals surface area contributed by atoms with Gasteiger partial charge in [-0.2, -0.15) is 27.5 Å². The molecule has 14 nitrogen and oxygen atoms in total. The van der Waals surface area contributed by atoms with Gasteiger partial charge in [-0.25, -0.2) is 24.9 Å². The van der Waals surface area contributed by atoms with Crippen molar-refractivity contribution < 1.29 is 36.6 Å². The van der Waals surface area contributed by atoms with E-state index in [1.807, 2.05) is 76.7 Å². The highest BCUT2D eigenvalue weighted by Gasteiger charge is 2.39. The summed E-state index contributed by atoms with van der Waals surface area (Å²) in [5.74, 6) is 4.07. The molecule has 0 bridgehead atoms. The number of aromatic nitrogens is 11. The third-order valence-corrected chi connectivity index (χ3v) is 12.4. The number of aromatic amines is 2. The molecule has 67 heavy (non-hydrogen) atoms. The van der Waals surface area contributed by atoms with E-state index in [0.717, 1.165) is 71.3 Å². The monoisotopic (exact) mass is 913 g/mol. The molecule has 0 saturated carbocycles. The second-order valence-electron chi connectivity index (χ2n) is 18.0. The number of halogens is 3. The van der Waals surface area contributed by atoms with Crippen LogP contribution in [-0.2, 0) is 24.7 Å². The number of methoxy groups -OCH3 is 3. The van der Waals surface area contributed by atoms with Gasteiger partial charge >= 0.3 is 17.8 Å². The number of ether oxygens (including phenoxy) is 3. The molecule has 0 radical (unpaired) electrons. The van der Waals surface area contributed by atoms with Crippen LogP contribution in [0.15, 0.2) is 98.0 Å². The summed E-state index contributed by atoms with van der Waals surface area (Å²) in [5.41, 5.74) is 7.60. The number of pyridine rings is 2. The zero-order valence-electron chi connectivity index (χ0n) is 38.8. The number of nitrogens with one attached hydrogen (secondary N) is 2. The zero-order valence-corrected chi connectivity index (χ0v) is 38.8. The summed E-state index contributed by atoms with van der Waals surface area (Å²) in [6.07, 6.45) is 7.60. The summed E-state index contributed by atoms with van der Waals surface area (Å²) in [6.45, 7) is 12.1. The van der Waals surface area contributed by atoms with E-state index >= 15 is 0 Å². The molecule has 2 aliphatic heterocycles. The van der Waals surface area contributed by atoms with Crippen LogP contribution in [0.25, 0.3) is 34.3 Å². The Kier molecular flexibility index (Phi) is 11.9. The molecule has 0 saturated heterocycles. The van der Waals surface area contributed by atoms with Gasteiger partial charge in [0.15, 0.2) is 5.69 Å². The fourth-order valence-electron chi connectivity index (χ4n) is 9.11. The van der Waals surface area contributed by atoms with E-state index in [0.29, 0.717) is 41.9 Å². The largest absolute Gasteiger partial charge is 0.496 e. The molecule has 0 fully saturated rings. The Morgan fingerprint density at radius 1 is 0.776 bits per heavy atom. The average molecular weight is 914 g/mol. The van der Waals surface area contributed by atoms with Gasteiger partial charge in [0.2, 0.25) is 12.2 Å². The number of fused-ring (bicyclic) bond motifs is 2. The standard InChI is InChI=1S/C27H32N6O2.C23H20F3N5O/c1-17-15-32(16-28-17)22-11-10-21(29-26(22)35-6)24-30-25-19(8-7-13-33(25)31-24)18-9-12-23(34-5)20(14-18)27(2,3)4;1-14-11-31(13-27-14)20-8-7-18(29-22(20)32-2)19-12-30-10-9-16(21(30)28-19)15-5-3-4-6-17(15)23(24,25)26/h9-12,14-16,19H,7-8,13H2,1-6H3;3-8,11-13,16H,9-10H2,1-2H3/p+2/t19-;16-/m00/s1. The summed E-state index contributed by atoms with van der Waals surface area (Å²) in [6, 6.07) is 20.0. The van der Waals surface area contributed by atoms with Crippen LogP contribution in [0.5, 0.6) is 17.5 Å². The molecule has 0 amide bonds. The maximum Gasteiger partial charge on any atom is 0.416 e. The Labute approximate surface area is 386 Å². The van der Waals surface area contributed by atoms with E-state index in [4.69, 9.17) is 24.2 Å². The Balaban J connectivity index is 0.000000169. The lowest BCUT2D eigenvalue weighted by Crippen LogP contribution is -2.44. The van der Waals surface area contributed by atoms with E-state index in [-0.39, 0.29) is 16.9 Å². The van der Waals surface area contributed by atoms with Crippen LogP contribution in [0.4, 0.5) is 13.2 Å². The number of hydrogen-bond donors (Lipinski definition) is 2. The first-order valence-electron chi connectivity index (χ1n) is 22.2. The number of alkyl halides is 3. The van der Waals surface area contributed by atoms with Crippen LogP contribution in [0.2, 0.25) is 0 Å². The van der Waals surface area contributed by atoms with E-state index in [9.17, 15) is 13.2 Å². The predicted octanol–water partition coefficient (Wildman–Crippen LogP) is 8.92. The lowest BCUT2D eigenvalue weighted by Gasteiger charge is -2.25. The zero-order chi connectivity index (χ0) is 47.2. The normalized spacial score (nSPS) is 15.7. The smallest absolute Gasteiger partial charge is 0.416 e. The fraction of sp³-hybridized carbons (Fsp3) is 0.340. The van der Waals surface area contributed by atoms with Gasteiger partial charge in [0.05, 0.1) is 50.5 Å². The quantitative estimate of drug-likeness (QED) is 0.137. The number of imidazole rings is 3. The minimum Gasteiger partial charge on any atom is -0.496 e. The van der Waals surface area contributed by atoms with Gasteiger partial charge in [0.1, 0.15) is 47.1 Å². The van der Waals surface area contributed by atoms with Gasteiger partial charge < -0.3 is 23.3 Å². The van der Waals surface area contributed by atoms with Crippen LogP contribution >= 0.6 is 0 Å².